The van der Waals surface area contributed by atoms with E-state index < -0.39 is 39.9 Å². The maximum Gasteiger partial charge on any atom is 0.558 e. The Balaban J connectivity index is 0.000000561. The van der Waals surface area contributed by atoms with Crippen LogP contribution in [0, 0.1) is 0 Å². The minimum absolute atomic E-state index is 0.778. The summed E-state index contributed by atoms with van der Waals surface area (Å²) in [5.41, 5.74) is -12.4. The van der Waals surface area contributed by atoms with E-state index in [0.29, 0.717) is 0 Å². The summed E-state index contributed by atoms with van der Waals surface area (Å²) in [4.78, 5) is 0. The van der Waals surface area contributed by atoms with Gasteiger partial charge in [0.05, 0.1) is 19.6 Å². The van der Waals surface area contributed by atoms with E-state index in [-0.39, 0.29) is 0 Å². The van der Waals surface area contributed by atoms with Gasteiger partial charge in [-0.05, 0) is 6.92 Å². The molecular formula is C12H24F6N2O7S2Si. The first-order chi connectivity index (χ1) is 13.4. The summed E-state index contributed by atoms with van der Waals surface area (Å²) in [5.74, 6) is 0. The molecule has 18 heteroatoms. The summed E-state index contributed by atoms with van der Waals surface area (Å²) in [7, 11) is -10.8. The van der Waals surface area contributed by atoms with E-state index in [1.165, 1.54) is 25.9 Å². The highest BCUT2D eigenvalue weighted by Gasteiger charge is 2.49. The van der Waals surface area contributed by atoms with Crippen LogP contribution < -0.4 is 0 Å². The molecule has 1 saturated heterocycles. The van der Waals surface area contributed by atoms with Crippen LogP contribution in [0.2, 0.25) is 0 Å². The molecule has 9 nitrogen and oxygen atoms in total. The number of halogens is 6. The summed E-state index contributed by atoms with van der Waals surface area (Å²) in [5, 5.41) is 0. The van der Waals surface area contributed by atoms with Crippen molar-refractivity contribution in [1.82, 2.24) is 0 Å². The highest BCUT2D eigenvalue weighted by molar-refractivity contribution is 8.13. The van der Waals surface area contributed by atoms with Gasteiger partial charge in [-0.25, -0.2) is 16.8 Å². The second-order valence-corrected chi connectivity index (χ2v) is 12.5. The Hall–Kier alpha value is -0.503. The number of quaternary nitrogens is 1. The van der Waals surface area contributed by atoms with Crippen LogP contribution in [0.15, 0.2) is 0 Å². The van der Waals surface area contributed by atoms with Crippen molar-refractivity contribution in [2.24, 2.45) is 0 Å². The molecule has 0 atom stereocenters. The Labute approximate surface area is 172 Å². The minimum atomic E-state index is -6.72. The lowest BCUT2D eigenvalue weighted by molar-refractivity contribution is -0.907. The standard InChI is InChI=1S/C10H24NO3Si.C2F6NO4S2/c1-5-11(8-6-7-9-11)10-15(12-2,13-3)14-4;3-1(4,5)14(10,11)9-15(12,13)2(6,7)8/h5-10H2,1-4H3;/q+1;-1. The minimum Gasteiger partial charge on any atom is -0.421 e. The van der Waals surface area contributed by atoms with Crippen molar-refractivity contribution >= 4 is 28.9 Å². The zero-order chi connectivity index (χ0) is 24.1. The predicted octanol–water partition coefficient (Wildman–Crippen LogP) is 2.09. The van der Waals surface area contributed by atoms with Gasteiger partial charge in [0.15, 0.2) is 20.0 Å². The van der Waals surface area contributed by atoms with Gasteiger partial charge in [-0.3, -0.25) is 0 Å². The molecule has 0 aliphatic carbocycles. The lowest BCUT2D eigenvalue weighted by Crippen LogP contribution is -2.61. The molecule has 1 fully saturated rings. The Bertz CT molecular complexity index is 691. The molecule has 0 aromatic heterocycles. The third kappa shape index (κ3) is 7.57. The van der Waals surface area contributed by atoms with Crippen LogP contribution in [0.25, 0.3) is 4.13 Å². The number of sulfonamides is 2. The molecule has 182 valence electrons. The smallest absolute Gasteiger partial charge is 0.421 e. The monoisotopic (exact) mass is 514 g/mol. The zero-order valence-corrected chi connectivity index (χ0v) is 19.2. The quantitative estimate of drug-likeness (QED) is 0.277. The fraction of sp³-hybridized carbons (Fsp3) is 1.00. The summed E-state index contributed by atoms with van der Waals surface area (Å²) < 4.78 is 127. The third-order valence-electron chi connectivity index (χ3n) is 4.43. The van der Waals surface area contributed by atoms with Gasteiger partial charge < -0.3 is 21.9 Å². The van der Waals surface area contributed by atoms with E-state index in [0.717, 1.165) is 21.3 Å². The van der Waals surface area contributed by atoms with E-state index in [9.17, 15) is 43.2 Å². The molecule has 0 saturated carbocycles. The first-order valence-corrected chi connectivity index (χ1v) is 13.0. The maximum atomic E-state index is 11.4. The predicted molar refractivity (Wildman–Crippen MR) is 94.7 cm³/mol. The molecule has 0 spiro atoms. The lowest BCUT2D eigenvalue weighted by atomic mass is 10.4. The Morgan fingerprint density at radius 1 is 0.833 bits per heavy atom. The number of nitrogens with zero attached hydrogens (tertiary/aromatic N) is 2. The molecule has 0 N–H and O–H groups in total. The summed E-state index contributed by atoms with van der Waals surface area (Å²) in [6.07, 6.45) is 3.54. The summed E-state index contributed by atoms with van der Waals surface area (Å²) in [6.45, 7) is 5.86. The maximum absolute atomic E-state index is 11.4. The van der Waals surface area contributed by atoms with Gasteiger partial charge >= 0.3 is 19.8 Å². The lowest BCUT2D eigenvalue weighted by Gasteiger charge is -2.38. The topological polar surface area (TPSA) is 110 Å². The second kappa shape index (κ2) is 10.4. The zero-order valence-electron chi connectivity index (χ0n) is 16.6. The van der Waals surface area contributed by atoms with Crippen LogP contribution in [-0.4, -0.2) is 88.3 Å². The fourth-order valence-corrected chi connectivity index (χ4v) is 6.62. The van der Waals surface area contributed by atoms with Crippen molar-refractivity contribution in [3.05, 3.63) is 4.13 Å². The van der Waals surface area contributed by atoms with Crippen LogP contribution in [0.3, 0.4) is 0 Å². The fourth-order valence-electron chi connectivity index (χ4n) is 2.66. The third-order valence-corrected chi connectivity index (χ3v) is 10.1. The van der Waals surface area contributed by atoms with Crippen LogP contribution in [-0.2, 0) is 33.3 Å². The van der Waals surface area contributed by atoms with E-state index >= 15 is 0 Å². The Morgan fingerprint density at radius 2 is 1.17 bits per heavy atom. The van der Waals surface area contributed by atoms with Gasteiger partial charge in [0, 0.05) is 34.2 Å². The molecular weight excluding hydrogens is 490 g/mol. The average Bonchev–Trinajstić information content (AvgIpc) is 3.06. The molecule has 1 rings (SSSR count). The molecule has 0 radical (unpaired) electrons. The van der Waals surface area contributed by atoms with Gasteiger partial charge in [0.2, 0.25) is 0 Å². The van der Waals surface area contributed by atoms with Gasteiger partial charge in [-0.2, -0.15) is 26.3 Å². The van der Waals surface area contributed by atoms with Crippen molar-refractivity contribution < 1.29 is 60.9 Å². The van der Waals surface area contributed by atoms with Gasteiger partial charge in [-0.1, -0.05) is 0 Å². The van der Waals surface area contributed by atoms with Crippen molar-refractivity contribution in [2.45, 2.75) is 30.8 Å². The highest BCUT2D eigenvalue weighted by atomic mass is 32.3. The molecule has 1 aliphatic rings. The normalized spacial score (nSPS) is 18.1. The van der Waals surface area contributed by atoms with E-state index in [1.807, 2.05) is 0 Å². The van der Waals surface area contributed by atoms with Gasteiger partial charge in [-0.15, -0.1) is 0 Å². The number of rotatable bonds is 8. The van der Waals surface area contributed by atoms with E-state index in [1.54, 1.807) is 21.3 Å². The van der Waals surface area contributed by atoms with E-state index in [2.05, 4.69) is 6.92 Å². The SMILES string of the molecule is CC[N+]1(C[Si](OC)(OC)OC)CCCC1.O=S(=O)([N-]S(=O)(=O)C(F)(F)F)C(F)(F)F. The van der Waals surface area contributed by atoms with Gasteiger partial charge in [0.1, 0.15) is 6.17 Å². The summed E-state index contributed by atoms with van der Waals surface area (Å²) in [6, 6.07) is 0. The molecule has 1 heterocycles. The van der Waals surface area contributed by atoms with Crippen LogP contribution >= 0.6 is 0 Å². The van der Waals surface area contributed by atoms with Crippen molar-refractivity contribution in [2.75, 3.05) is 47.1 Å². The first-order valence-electron chi connectivity index (χ1n) is 8.24. The van der Waals surface area contributed by atoms with E-state index in [4.69, 9.17) is 13.3 Å². The molecule has 0 amide bonds. The molecule has 0 unspecified atom stereocenters. The van der Waals surface area contributed by atoms with Crippen LogP contribution in [0.4, 0.5) is 26.3 Å². The number of hydrogen-bond donors (Lipinski definition) is 0. The highest BCUT2D eigenvalue weighted by Crippen LogP contribution is 2.36. The number of hydrogen-bond acceptors (Lipinski definition) is 7. The second-order valence-electron chi connectivity index (χ2n) is 6.18. The average molecular weight is 515 g/mol. The van der Waals surface area contributed by atoms with Crippen molar-refractivity contribution in [3.8, 4) is 0 Å². The Morgan fingerprint density at radius 3 is 1.40 bits per heavy atom. The molecule has 1 aliphatic heterocycles. The van der Waals surface area contributed by atoms with Crippen LogP contribution in [0.5, 0.6) is 0 Å². The Kier molecular flexibility index (Phi) is 10.2. The number of alkyl halides is 6. The van der Waals surface area contributed by atoms with Crippen LogP contribution in [0.1, 0.15) is 19.8 Å². The molecule has 0 bridgehead atoms. The molecule has 30 heavy (non-hydrogen) atoms. The van der Waals surface area contributed by atoms with Crippen molar-refractivity contribution in [3.63, 3.8) is 0 Å². The molecule has 0 aromatic rings. The number of likely N-dealkylation sites (tertiary alicyclic amines) is 1. The van der Waals surface area contributed by atoms with Gasteiger partial charge in [0.25, 0.3) is 0 Å². The summed E-state index contributed by atoms with van der Waals surface area (Å²) >= 11 is 0. The molecule has 0 aromatic carbocycles. The largest absolute Gasteiger partial charge is 0.558 e. The first kappa shape index (κ1) is 29.5. The van der Waals surface area contributed by atoms with Crippen molar-refractivity contribution in [1.29, 1.82) is 0 Å².